The number of allylic oxidation sites excluding steroid dienone is 1. The Labute approximate surface area is 83.7 Å². The van der Waals surface area contributed by atoms with Gasteiger partial charge in [0.2, 0.25) is 0 Å². The molecule has 76 valence electrons. The first-order valence-corrected chi connectivity index (χ1v) is 5.63. The second-order valence-electron chi connectivity index (χ2n) is 3.84. The summed E-state index contributed by atoms with van der Waals surface area (Å²) in [5, 5.41) is 0. The van der Waals surface area contributed by atoms with E-state index in [0.29, 0.717) is 0 Å². The smallest absolute Gasteiger partial charge is 0.0132 e. The molecule has 0 N–H and O–H groups in total. The van der Waals surface area contributed by atoms with Gasteiger partial charge in [-0.25, -0.2) is 0 Å². The molecule has 0 spiro atoms. The molecule has 0 radical (unpaired) electrons. The number of hydrogen-bond donors (Lipinski definition) is 0. The van der Waals surface area contributed by atoms with Crippen LogP contribution in [0.15, 0.2) is 17.9 Å². The molecule has 0 aromatic rings. The first-order valence-electron chi connectivity index (χ1n) is 5.63. The Morgan fingerprint density at radius 3 is 2.23 bits per heavy atom. The summed E-state index contributed by atoms with van der Waals surface area (Å²) in [6, 6.07) is 0. The van der Waals surface area contributed by atoms with E-state index in [1.807, 2.05) is 13.0 Å². The summed E-state index contributed by atoms with van der Waals surface area (Å²) in [6.45, 7) is 8.91. The lowest BCUT2D eigenvalue weighted by Gasteiger charge is -2.18. The lowest BCUT2D eigenvalue weighted by Crippen LogP contribution is -2.08. The molecule has 0 aliphatic heterocycles. The van der Waals surface area contributed by atoms with Crippen molar-refractivity contribution in [2.24, 2.45) is 11.8 Å². The van der Waals surface area contributed by atoms with Crippen LogP contribution in [0.3, 0.4) is 0 Å². The van der Waals surface area contributed by atoms with Crippen LogP contribution >= 0.6 is 0 Å². The third-order valence-corrected chi connectivity index (χ3v) is 2.57. The van der Waals surface area contributed by atoms with E-state index in [9.17, 15) is 0 Å². The molecule has 2 unspecified atom stereocenters. The van der Waals surface area contributed by atoms with Gasteiger partial charge in [-0.2, -0.15) is 0 Å². The quantitative estimate of drug-likeness (QED) is 0.525. The third-order valence-electron chi connectivity index (χ3n) is 2.57. The third kappa shape index (κ3) is 5.71. The molecular formula is C13H24. The zero-order valence-electron chi connectivity index (χ0n) is 9.64. The highest BCUT2D eigenvalue weighted by atomic mass is 14.2. The predicted octanol–water partition coefficient (Wildman–Crippen LogP) is 4.57. The molecule has 0 saturated carbocycles. The van der Waals surface area contributed by atoms with Gasteiger partial charge in [-0.05, 0) is 37.3 Å². The minimum Gasteiger partial charge on any atom is -0.130 e. The first kappa shape index (κ1) is 12.5. The van der Waals surface area contributed by atoms with E-state index in [1.165, 1.54) is 25.7 Å². The summed E-state index contributed by atoms with van der Waals surface area (Å²) in [5.41, 5.74) is 3.22. The summed E-state index contributed by atoms with van der Waals surface area (Å²) >= 11 is 0. The summed E-state index contributed by atoms with van der Waals surface area (Å²) in [4.78, 5) is 0. The minimum absolute atomic E-state index is 0.737. The maximum atomic E-state index is 3.22. The molecular weight excluding hydrogens is 156 g/mol. The Morgan fingerprint density at radius 2 is 1.77 bits per heavy atom. The second-order valence-corrected chi connectivity index (χ2v) is 3.84. The zero-order chi connectivity index (χ0) is 10.1. The van der Waals surface area contributed by atoms with E-state index in [0.717, 1.165) is 11.8 Å². The lowest BCUT2D eigenvalue weighted by atomic mass is 9.87. The van der Waals surface area contributed by atoms with E-state index >= 15 is 0 Å². The molecule has 0 heteroatoms. The lowest BCUT2D eigenvalue weighted by molar-refractivity contribution is 0.374. The molecule has 13 heavy (non-hydrogen) atoms. The van der Waals surface area contributed by atoms with Crippen molar-refractivity contribution in [2.75, 3.05) is 0 Å². The highest BCUT2D eigenvalue weighted by molar-refractivity contribution is 4.90. The van der Waals surface area contributed by atoms with Gasteiger partial charge in [0.05, 0.1) is 0 Å². The van der Waals surface area contributed by atoms with Gasteiger partial charge in [0.25, 0.3) is 0 Å². The van der Waals surface area contributed by atoms with Crippen molar-refractivity contribution in [2.45, 2.75) is 53.4 Å². The predicted molar refractivity (Wildman–Crippen MR) is 60.8 cm³/mol. The summed E-state index contributed by atoms with van der Waals surface area (Å²) in [6.07, 6.45) is 9.48. The molecule has 0 bridgehead atoms. The van der Waals surface area contributed by atoms with Crippen molar-refractivity contribution < 1.29 is 0 Å². The molecule has 0 heterocycles. The van der Waals surface area contributed by atoms with Crippen LogP contribution in [0, 0.1) is 11.8 Å². The Kier molecular flexibility index (Phi) is 7.83. The van der Waals surface area contributed by atoms with E-state index < -0.39 is 0 Å². The Morgan fingerprint density at radius 1 is 1.15 bits per heavy atom. The average Bonchev–Trinajstić information content (AvgIpc) is 2.12. The molecule has 0 aromatic heterocycles. The highest BCUT2D eigenvalue weighted by Crippen LogP contribution is 2.22. The van der Waals surface area contributed by atoms with Crippen LogP contribution in [0.2, 0.25) is 0 Å². The molecule has 0 rings (SSSR count). The fourth-order valence-electron chi connectivity index (χ4n) is 1.75. The van der Waals surface area contributed by atoms with E-state index in [-0.39, 0.29) is 0 Å². The largest absolute Gasteiger partial charge is 0.130 e. The fraction of sp³-hybridized carbons (Fsp3) is 0.769. The van der Waals surface area contributed by atoms with E-state index in [1.54, 1.807) is 0 Å². The normalized spacial score (nSPS) is 14.5. The number of rotatable bonds is 6. The van der Waals surface area contributed by atoms with Crippen molar-refractivity contribution in [1.82, 2.24) is 0 Å². The van der Waals surface area contributed by atoms with Gasteiger partial charge in [-0.15, -0.1) is 5.73 Å². The molecule has 0 saturated heterocycles. The van der Waals surface area contributed by atoms with Crippen LogP contribution in [-0.4, -0.2) is 0 Å². The fourth-order valence-corrected chi connectivity index (χ4v) is 1.75. The molecule has 0 aromatic carbocycles. The zero-order valence-corrected chi connectivity index (χ0v) is 9.64. The van der Waals surface area contributed by atoms with Gasteiger partial charge in [-0.1, -0.05) is 40.0 Å². The van der Waals surface area contributed by atoms with Gasteiger partial charge >= 0.3 is 0 Å². The maximum absolute atomic E-state index is 3.22. The average molecular weight is 180 g/mol. The van der Waals surface area contributed by atoms with Crippen LogP contribution in [0.25, 0.3) is 0 Å². The Hall–Kier alpha value is -0.480. The van der Waals surface area contributed by atoms with Gasteiger partial charge in [0.1, 0.15) is 0 Å². The minimum atomic E-state index is 0.737. The SMILES string of the molecule is CC=C=CC(CCC)C(C)CCC. The Bertz CT molecular complexity index is 161. The summed E-state index contributed by atoms with van der Waals surface area (Å²) < 4.78 is 0. The highest BCUT2D eigenvalue weighted by Gasteiger charge is 2.11. The topological polar surface area (TPSA) is 0 Å². The van der Waals surface area contributed by atoms with E-state index in [4.69, 9.17) is 0 Å². The first-order chi connectivity index (χ1) is 6.26. The maximum Gasteiger partial charge on any atom is -0.0132 e. The Balaban J connectivity index is 4.13. The van der Waals surface area contributed by atoms with Crippen molar-refractivity contribution in [3.63, 3.8) is 0 Å². The summed E-state index contributed by atoms with van der Waals surface area (Å²) in [7, 11) is 0. The van der Waals surface area contributed by atoms with Gasteiger partial charge in [-0.3, -0.25) is 0 Å². The summed E-state index contributed by atoms with van der Waals surface area (Å²) in [5.74, 6) is 1.55. The molecule has 0 aliphatic carbocycles. The molecule has 0 amide bonds. The number of hydrogen-bond acceptors (Lipinski definition) is 0. The standard InChI is InChI=1S/C13H24/c1-5-8-11-13(10-7-3)12(4)9-6-2/h5,11-13H,6-7,9-10H2,1-4H3. The van der Waals surface area contributed by atoms with Gasteiger partial charge in [0, 0.05) is 0 Å². The van der Waals surface area contributed by atoms with Gasteiger partial charge in [0.15, 0.2) is 0 Å². The van der Waals surface area contributed by atoms with Crippen molar-refractivity contribution in [3.8, 4) is 0 Å². The van der Waals surface area contributed by atoms with Gasteiger partial charge < -0.3 is 0 Å². The van der Waals surface area contributed by atoms with Crippen molar-refractivity contribution >= 4 is 0 Å². The van der Waals surface area contributed by atoms with Crippen molar-refractivity contribution in [3.05, 3.63) is 17.9 Å². The van der Waals surface area contributed by atoms with Crippen LogP contribution in [0.4, 0.5) is 0 Å². The van der Waals surface area contributed by atoms with Crippen LogP contribution < -0.4 is 0 Å². The van der Waals surface area contributed by atoms with E-state index in [2.05, 4.69) is 32.6 Å². The van der Waals surface area contributed by atoms with Crippen LogP contribution in [0.5, 0.6) is 0 Å². The molecule has 0 fully saturated rings. The molecule has 2 atom stereocenters. The van der Waals surface area contributed by atoms with Crippen LogP contribution in [-0.2, 0) is 0 Å². The molecule has 0 nitrogen and oxygen atoms in total. The monoisotopic (exact) mass is 180 g/mol. The van der Waals surface area contributed by atoms with Crippen molar-refractivity contribution in [1.29, 1.82) is 0 Å². The second kappa shape index (κ2) is 8.13. The molecule has 0 aliphatic rings. The van der Waals surface area contributed by atoms with Crippen LogP contribution in [0.1, 0.15) is 53.4 Å².